The van der Waals surface area contributed by atoms with E-state index in [1.165, 1.54) is 11.1 Å². The van der Waals surface area contributed by atoms with Gasteiger partial charge in [0.05, 0.1) is 5.69 Å². The average molecular weight is 412 g/mol. The minimum absolute atomic E-state index is 0.873. The van der Waals surface area contributed by atoms with Gasteiger partial charge in [-0.1, -0.05) is 103 Å². The predicted molar refractivity (Wildman–Crippen MR) is 134 cm³/mol. The summed E-state index contributed by atoms with van der Waals surface area (Å²) in [6.45, 7) is 0. The van der Waals surface area contributed by atoms with Crippen LogP contribution in [-0.4, -0.2) is 0 Å². The van der Waals surface area contributed by atoms with Crippen molar-refractivity contribution in [1.29, 1.82) is 0 Å². The number of hydrogen-bond acceptors (Lipinski definition) is 2. The van der Waals surface area contributed by atoms with Crippen LogP contribution in [0.4, 0.5) is 11.4 Å². The summed E-state index contributed by atoms with van der Waals surface area (Å²) in [7, 11) is 0. The molecule has 0 atom stereocenters. The molecule has 0 aliphatic heterocycles. The highest BCUT2D eigenvalue weighted by Crippen LogP contribution is 2.39. The van der Waals surface area contributed by atoms with Gasteiger partial charge in [-0.2, -0.15) is 0 Å². The maximum absolute atomic E-state index is 6.47. The van der Waals surface area contributed by atoms with Gasteiger partial charge in [0, 0.05) is 22.0 Å². The smallest absolute Gasteiger partial charge is 0.158 e. The molecule has 1 N–H and O–H groups in total. The molecule has 2 nitrogen and oxygen atoms in total. The molecule has 0 amide bonds. The second-order valence-corrected chi connectivity index (χ2v) is 7.90. The Balaban J connectivity index is 1.41. The van der Waals surface area contributed by atoms with Gasteiger partial charge in [0.15, 0.2) is 5.58 Å². The first-order valence-electron chi connectivity index (χ1n) is 10.8. The highest BCUT2D eigenvalue weighted by molar-refractivity contribution is 6.12. The van der Waals surface area contributed by atoms with Crippen molar-refractivity contribution in [3.8, 4) is 22.3 Å². The summed E-state index contributed by atoms with van der Waals surface area (Å²) in [6.07, 6.45) is 0. The summed E-state index contributed by atoms with van der Waals surface area (Å²) in [5.41, 5.74) is 8.46. The van der Waals surface area contributed by atoms with Crippen molar-refractivity contribution >= 4 is 33.3 Å². The van der Waals surface area contributed by atoms with Gasteiger partial charge in [-0.25, -0.2) is 0 Å². The summed E-state index contributed by atoms with van der Waals surface area (Å²) in [5.74, 6) is 0. The second-order valence-electron chi connectivity index (χ2n) is 7.90. The zero-order valence-electron chi connectivity index (χ0n) is 17.5. The number of anilines is 2. The van der Waals surface area contributed by atoms with Crippen LogP contribution in [-0.2, 0) is 0 Å². The van der Waals surface area contributed by atoms with Gasteiger partial charge in [0.1, 0.15) is 5.58 Å². The van der Waals surface area contributed by atoms with Crippen LogP contribution in [0.15, 0.2) is 126 Å². The number of benzene rings is 5. The number of rotatable bonds is 4. The number of para-hydroxylation sites is 2. The quantitative estimate of drug-likeness (QED) is 0.314. The Morgan fingerprint density at radius 2 is 1.03 bits per heavy atom. The van der Waals surface area contributed by atoms with Gasteiger partial charge >= 0.3 is 0 Å². The van der Waals surface area contributed by atoms with Crippen LogP contribution in [0, 0.1) is 0 Å². The van der Waals surface area contributed by atoms with Crippen LogP contribution in [0.5, 0.6) is 0 Å². The molecule has 1 aromatic heterocycles. The number of nitrogens with one attached hydrogen (secondary N) is 1. The number of fused-ring (bicyclic) bond motifs is 3. The van der Waals surface area contributed by atoms with Gasteiger partial charge < -0.3 is 9.73 Å². The standard InChI is InChI=1S/C30H21NO/c1-3-9-21(10-4-1)22-17-19-24(20-18-22)31-28-16-8-15-27-26-14-7-13-25(29(26)32-30(27)28)23-11-5-2-6-12-23/h1-20,31H. The van der Waals surface area contributed by atoms with E-state index >= 15 is 0 Å². The molecule has 5 aromatic carbocycles. The van der Waals surface area contributed by atoms with Crippen LogP contribution in [0.1, 0.15) is 0 Å². The van der Waals surface area contributed by atoms with Gasteiger partial charge in [-0.15, -0.1) is 0 Å². The maximum Gasteiger partial charge on any atom is 0.158 e. The SMILES string of the molecule is c1ccc(-c2ccc(Nc3cccc4c3oc3c(-c5ccccc5)cccc34)cc2)cc1. The summed E-state index contributed by atoms with van der Waals surface area (Å²) >= 11 is 0. The van der Waals surface area contributed by atoms with E-state index in [0.717, 1.165) is 44.4 Å². The van der Waals surface area contributed by atoms with Crippen LogP contribution in [0.2, 0.25) is 0 Å². The lowest BCUT2D eigenvalue weighted by Crippen LogP contribution is -1.90. The Kier molecular flexibility index (Phi) is 4.47. The molecule has 152 valence electrons. The lowest BCUT2D eigenvalue weighted by Gasteiger charge is -2.08. The Hall–Kier alpha value is -4.30. The first kappa shape index (κ1) is 18.5. The van der Waals surface area contributed by atoms with Crippen molar-refractivity contribution < 1.29 is 4.42 Å². The fraction of sp³-hybridized carbons (Fsp3) is 0. The zero-order valence-corrected chi connectivity index (χ0v) is 17.5. The number of hydrogen-bond donors (Lipinski definition) is 1. The molecule has 0 bridgehead atoms. The van der Waals surface area contributed by atoms with Crippen molar-refractivity contribution in [1.82, 2.24) is 0 Å². The fourth-order valence-corrected chi connectivity index (χ4v) is 4.30. The van der Waals surface area contributed by atoms with Crippen molar-refractivity contribution in [3.63, 3.8) is 0 Å². The molecule has 0 saturated carbocycles. The molecule has 2 heteroatoms. The highest BCUT2D eigenvalue weighted by atomic mass is 16.3. The van der Waals surface area contributed by atoms with E-state index in [2.05, 4.69) is 115 Å². The molecule has 6 rings (SSSR count). The Morgan fingerprint density at radius 1 is 0.438 bits per heavy atom. The molecule has 0 unspecified atom stereocenters. The van der Waals surface area contributed by atoms with Gasteiger partial charge in [-0.05, 0) is 34.9 Å². The van der Waals surface area contributed by atoms with Crippen LogP contribution in [0.3, 0.4) is 0 Å². The second kappa shape index (κ2) is 7.75. The fourth-order valence-electron chi connectivity index (χ4n) is 4.30. The predicted octanol–water partition coefficient (Wildman–Crippen LogP) is 8.66. The third-order valence-corrected chi connectivity index (χ3v) is 5.88. The molecule has 32 heavy (non-hydrogen) atoms. The summed E-state index contributed by atoms with van der Waals surface area (Å²) < 4.78 is 6.47. The van der Waals surface area contributed by atoms with E-state index in [-0.39, 0.29) is 0 Å². The molecule has 0 saturated heterocycles. The third-order valence-electron chi connectivity index (χ3n) is 5.88. The van der Waals surface area contributed by atoms with E-state index < -0.39 is 0 Å². The molecular weight excluding hydrogens is 390 g/mol. The molecule has 0 aliphatic carbocycles. The third kappa shape index (κ3) is 3.23. The zero-order chi connectivity index (χ0) is 21.3. The maximum atomic E-state index is 6.47. The van der Waals surface area contributed by atoms with E-state index in [0.29, 0.717) is 0 Å². The van der Waals surface area contributed by atoms with Crippen molar-refractivity contribution in [3.05, 3.63) is 121 Å². The molecule has 0 aliphatic rings. The lowest BCUT2D eigenvalue weighted by atomic mass is 10.0. The summed E-state index contributed by atoms with van der Waals surface area (Å²) in [5, 5.41) is 5.80. The van der Waals surface area contributed by atoms with Crippen LogP contribution in [0.25, 0.3) is 44.2 Å². The first-order chi connectivity index (χ1) is 15.9. The van der Waals surface area contributed by atoms with Crippen molar-refractivity contribution in [2.75, 3.05) is 5.32 Å². The van der Waals surface area contributed by atoms with E-state index in [1.54, 1.807) is 0 Å². The molecule has 0 radical (unpaired) electrons. The molecule has 1 heterocycles. The largest absolute Gasteiger partial charge is 0.453 e. The average Bonchev–Trinajstić information content (AvgIpc) is 3.26. The van der Waals surface area contributed by atoms with E-state index in [4.69, 9.17) is 4.42 Å². The van der Waals surface area contributed by atoms with Gasteiger partial charge in [0.25, 0.3) is 0 Å². The van der Waals surface area contributed by atoms with Crippen molar-refractivity contribution in [2.24, 2.45) is 0 Å². The molecule has 0 fully saturated rings. The van der Waals surface area contributed by atoms with E-state index in [1.807, 2.05) is 12.1 Å². The van der Waals surface area contributed by atoms with Gasteiger partial charge in [0.2, 0.25) is 0 Å². The summed E-state index contributed by atoms with van der Waals surface area (Å²) in [4.78, 5) is 0. The Labute approximate surface area is 186 Å². The molecule has 6 aromatic rings. The Bertz CT molecular complexity index is 1510. The number of furan rings is 1. The lowest BCUT2D eigenvalue weighted by molar-refractivity contribution is 0.671. The Morgan fingerprint density at radius 3 is 1.75 bits per heavy atom. The topological polar surface area (TPSA) is 25.2 Å². The van der Waals surface area contributed by atoms with Crippen molar-refractivity contribution in [2.45, 2.75) is 0 Å². The normalized spacial score (nSPS) is 11.1. The molecule has 0 spiro atoms. The molecular formula is C30H21NO. The minimum Gasteiger partial charge on any atom is -0.453 e. The van der Waals surface area contributed by atoms with Crippen LogP contribution >= 0.6 is 0 Å². The van der Waals surface area contributed by atoms with Crippen LogP contribution < -0.4 is 5.32 Å². The monoisotopic (exact) mass is 411 g/mol. The van der Waals surface area contributed by atoms with Gasteiger partial charge in [-0.3, -0.25) is 0 Å². The van der Waals surface area contributed by atoms with E-state index in [9.17, 15) is 0 Å². The minimum atomic E-state index is 0.873. The highest BCUT2D eigenvalue weighted by Gasteiger charge is 2.14. The summed E-state index contributed by atoms with van der Waals surface area (Å²) in [6, 6.07) is 41.9. The first-order valence-corrected chi connectivity index (χ1v) is 10.8.